The van der Waals surface area contributed by atoms with Crippen molar-refractivity contribution in [3.05, 3.63) is 41.7 Å². The Morgan fingerprint density at radius 3 is 2.68 bits per heavy atom. The number of thioether (sulfide) groups is 1. The van der Waals surface area contributed by atoms with Crippen molar-refractivity contribution in [3.8, 4) is 0 Å². The number of nitrogens with zero attached hydrogens (tertiary/aromatic N) is 3. The van der Waals surface area contributed by atoms with Gasteiger partial charge in [-0.1, -0.05) is 49.0 Å². The van der Waals surface area contributed by atoms with Crippen molar-refractivity contribution in [2.45, 2.75) is 62.4 Å². The van der Waals surface area contributed by atoms with Gasteiger partial charge in [0.05, 0.1) is 5.25 Å². The Kier molecular flexibility index (Phi) is 5.78. The molecule has 134 valence electrons. The summed E-state index contributed by atoms with van der Waals surface area (Å²) >= 11 is 1.50. The van der Waals surface area contributed by atoms with E-state index in [1.807, 2.05) is 32.0 Å². The van der Waals surface area contributed by atoms with Crippen LogP contribution in [0.5, 0.6) is 0 Å². The van der Waals surface area contributed by atoms with E-state index in [2.05, 4.69) is 39.1 Å². The second-order valence-electron chi connectivity index (χ2n) is 6.65. The van der Waals surface area contributed by atoms with Crippen LogP contribution in [0.2, 0.25) is 0 Å². The summed E-state index contributed by atoms with van der Waals surface area (Å²) in [5, 5.41) is 12.2. The minimum atomic E-state index is -0.186. The topological polar surface area (TPSA) is 59.8 Å². The lowest BCUT2D eigenvalue weighted by Gasteiger charge is -2.18. The summed E-state index contributed by atoms with van der Waals surface area (Å²) in [6.07, 6.45) is 3.37. The molecule has 1 N–H and O–H groups in total. The zero-order chi connectivity index (χ0) is 17.8. The van der Waals surface area contributed by atoms with E-state index in [1.165, 1.54) is 30.2 Å². The van der Waals surface area contributed by atoms with Crippen molar-refractivity contribution in [3.63, 3.8) is 0 Å². The Bertz CT molecular complexity index is 711. The Labute approximate surface area is 153 Å². The van der Waals surface area contributed by atoms with Crippen LogP contribution >= 0.6 is 11.8 Å². The van der Waals surface area contributed by atoms with Gasteiger partial charge < -0.3 is 9.88 Å². The molecule has 1 aromatic carbocycles. The number of amides is 1. The lowest BCUT2D eigenvalue weighted by atomic mass is 9.96. The molecular weight excluding hydrogens is 332 g/mol. The Balaban J connectivity index is 1.56. The van der Waals surface area contributed by atoms with E-state index in [0.717, 1.165) is 17.4 Å². The van der Waals surface area contributed by atoms with Crippen molar-refractivity contribution >= 4 is 17.7 Å². The first kappa shape index (κ1) is 18.0. The van der Waals surface area contributed by atoms with Crippen molar-refractivity contribution < 1.29 is 4.79 Å². The van der Waals surface area contributed by atoms with Crippen LogP contribution in [0, 0.1) is 6.92 Å². The summed E-state index contributed by atoms with van der Waals surface area (Å²) in [5.41, 5.74) is 1.27. The summed E-state index contributed by atoms with van der Waals surface area (Å²) < 4.78 is 2.17. The van der Waals surface area contributed by atoms with Gasteiger partial charge in [-0.25, -0.2) is 0 Å². The van der Waals surface area contributed by atoms with Crippen molar-refractivity contribution in [2.24, 2.45) is 0 Å². The van der Waals surface area contributed by atoms with E-state index >= 15 is 0 Å². The molecule has 6 heteroatoms. The van der Waals surface area contributed by atoms with Crippen LogP contribution in [0.25, 0.3) is 0 Å². The second kappa shape index (κ2) is 8.04. The molecule has 1 fully saturated rings. The first-order valence-electron chi connectivity index (χ1n) is 9.01. The quantitative estimate of drug-likeness (QED) is 0.731. The maximum atomic E-state index is 12.5. The summed E-state index contributed by atoms with van der Waals surface area (Å²) in [6, 6.07) is 10.9. The van der Waals surface area contributed by atoms with Crippen LogP contribution in [0.4, 0.5) is 0 Å². The molecule has 0 spiro atoms. The zero-order valence-electron chi connectivity index (χ0n) is 15.1. The van der Waals surface area contributed by atoms with E-state index in [4.69, 9.17) is 0 Å². The smallest absolute Gasteiger partial charge is 0.233 e. The maximum absolute atomic E-state index is 12.5. The highest BCUT2D eigenvalue weighted by Gasteiger charge is 2.29. The predicted molar refractivity (Wildman–Crippen MR) is 101 cm³/mol. The third kappa shape index (κ3) is 4.42. The van der Waals surface area contributed by atoms with Crippen LogP contribution in [0.1, 0.15) is 56.5 Å². The molecule has 1 aliphatic rings. The fourth-order valence-electron chi connectivity index (χ4n) is 2.99. The van der Waals surface area contributed by atoms with Gasteiger partial charge in [0, 0.05) is 18.5 Å². The first-order chi connectivity index (χ1) is 12.1. The normalized spacial score (nSPS) is 16.4. The number of aromatic nitrogens is 3. The molecule has 1 heterocycles. The average molecular weight is 359 g/mol. The molecule has 25 heavy (non-hydrogen) atoms. The highest BCUT2D eigenvalue weighted by atomic mass is 32.2. The van der Waals surface area contributed by atoms with E-state index in [1.54, 1.807) is 0 Å². The second-order valence-corrected chi connectivity index (χ2v) is 7.96. The minimum absolute atomic E-state index is 0.0578. The lowest BCUT2D eigenvalue weighted by Crippen LogP contribution is -2.34. The summed E-state index contributed by atoms with van der Waals surface area (Å²) in [5.74, 6) is 1.34. The van der Waals surface area contributed by atoms with Gasteiger partial charge in [-0.05, 0) is 38.7 Å². The number of hydrogen-bond acceptors (Lipinski definition) is 4. The van der Waals surface area contributed by atoms with Crippen molar-refractivity contribution in [1.29, 1.82) is 0 Å². The Morgan fingerprint density at radius 2 is 2.04 bits per heavy atom. The van der Waals surface area contributed by atoms with Gasteiger partial charge >= 0.3 is 0 Å². The Hall–Kier alpha value is -1.82. The third-order valence-corrected chi connectivity index (χ3v) is 5.74. The molecule has 3 rings (SSSR count). The number of benzene rings is 1. The number of carbonyl (C=O) groups is 1. The number of rotatable bonds is 8. The number of carbonyl (C=O) groups excluding carboxylic acids is 1. The summed E-state index contributed by atoms with van der Waals surface area (Å²) in [4.78, 5) is 12.5. The molecule has 1 aliphatic carbocycles. The van der Waals surface area contributed by atoms with E-state index < -0.39 is 0 Å². The first-order valence-corrected chi connectivity index (χ1v) is 9.89. The molecule has 0 bridgehead atoms. The highest BCUT2D eigenvalue weighted by Crippen LogP contribution is 2.39. The number of aryl methyl sites for hydroxylation is 1. The van der Waals surface area contributed by atoms with Crippen LogP contribution in [0.15, 0.2) is 35.5 Å². The van der Waals surface area contributed by atoms with Gasteiger partial charge in [0.1, 0.15) is 5.82 Å². The fourth-order valence-corrected chi connectivity index (χ4v) is 3.97. The Morgan fingerprint density at radius 1 is 1.32 bits per heavy atom. The molecule has 0 unspecified atom stereocenters. The molecule has 2 atom stereocenters. The molecule has 5 nitrogen and oxygen atoms in total. The van der Waals surface area contributed by atoms with Gasteiger partial charge in [0.25, 0.3) is 0 Å². The lowest BCUT2D eigenvalue weighted by molar-refractivity contribution is -0.120. The number of hydrogen-bond donors (Lipinski definition) is 1. The highest BCUT2D eigenvalue weighted by molar-refractivity contribution is 8.00. The van der Waals surface area contributed by atoms with Crippen LogP contribution in [0.3, 0.4) is 0 Å². The summed E-state index contributed by atoms with van der Waals surface area (Å²) in [7, 11) is 0. The predicted octanol–water partition coefficient (Wildman–Crippen LogP) is 3.71. The monoisotopic (exact) mass is 358 g/mol. The fraction of sp³-hybridized carbons (Fsp3) is 0.526. The molecule has 0 aliphatic heterocycles. The SMILES string of the molecule is CC[C@H](CNC(=O)[C@H](C)Sc1nnc(C)n1C1CC1)c1ccccc1. The number of nitrogens with one attached hydrogen (secondary N) is 1. The van der Waals surface area contributed by atoms with Crippen LogP contribution in [-0.2, 0) is 4.79 Å². The largest absolute Gasteiger partial charge is 0.355 e. The van der Waals surface area contributed by atoms with Gasteiger partial charge in [0.2, 0.25) is 5.91 Å². The molecule has 0 saturated heterocycles. The van der Waals surface area contributed by atoms with Crippen LogP contribution < -0.4 is 5.32 Å². The van der Waals surface area contributed by atoms with Gasteiger partial charge in [-0.15, -0.1) is 10.2 Å². The van der Waals surface area contributed by atoms with Gasteiger partial charge in [0.15, 0.2) is 5.16 Å². The van der Waals surface area contributed by atoms with Crippen molar-refractivity contribution in [2.75, 3.05) is 6.54 Å². The average Bonchev–Trinajstić information content (AvgIpc) is 3.40. The van der Waals surface area contributed by atoms with E-state index in [9.17, 15) is 4.79 Å². The zero-order valence-corrected chi connectivity index (χ0v) is 15.9. The maximum Gasteiger partial charge on any atom is 0.233 e. The standard InChI is InChI=1S/C19H26N4OS/c1-4-15(16-8-6-5-7-9-16)12-20-18(24)13(2)25-19-22-21-14(3)23(19)17-10-11-17/h5-9,13,15,17H,4,10-12H2,1-3H3,(H,20,24)/t13-,15+/m0/s1. The van der Waals surface area contributed by atoms with Crippen molar-refractivity contribution in [1.82, 2.24) is 20.1 Å². The molecular formula is C19H26N4OS. The third-order valence-electron chi connectivity index (χ3n) is 4.68. The van der Waals surface area contributed by atoms with Crippen LogP contribution in [-0.4, -0.2) is 32.5 Å². The molecule has 1 aromatic heterocycles. The molecule has 0 radical (unpaired) electrons. The van der Waals surface area contributed by atoms with Gasteiger partial charge in [-0.3, -0.25) is 4.79 Å². The molecule has 1 saturated carbocycles. The molecule has 1 amide bonds. The molecule has 2 aromatic rings. The summed E-state index contributed by atoms with van der Waals surface area (Å²) in [6.45, 7) is 6.73. The van der Waals surface area contributed by atoms with E-state index in [0.29, 0.717) is 18.5 Å². The minimum Gasteiger partial charge on any atom is -0.355 e. The van der Waals surface area contributed by atoms with E-state index in [-0.39, 0.29) is 11.2 Å². The van der Waals surface area contributed by atoms with Gasteiger partial charge in [-0.2, -0.15) is 0 Å².